The normalized spacial score (nSPS) is 21.1. The van der Waals surface area contributed by atoms with E-state index in [0.29, 0.717) is 43.2 Å². The molecule has 2 aliphatic heterocycles. The fourth-order valence-electron chi connectivity index (χ4n) is 3.61. The molecule has 1 fully saturated rings. The van der Waals surface area contributed by atoms with Crippen molar-refractivity contribution < 1.29 is 13.2 Å². The number of sulfonamides is 1. The van der Waals surface area contributed by atoms with E-state index in [9.17, 15) is 13.2 Å². The van der Waals surface area contributed by atoms with Gasteiger partial charge >= 0.3 is 0 Å². The van der Waals surface area contributed by atoms with E-state index in [1.807, 2.05) is 48.8 Å². The molecule has 1 amide bonds. The minimum Gasteiger partial charge on any atom is -0.354 e. The lowest BCUT2D eigenvalue weighted by atomic mass is 10.1. The molecule has 3 rings (SSSR count). The van der Waals surface area contributed by atoms with E-state index in [0.717, 1.165) is 12.8 Å². The largest absolute Gasteiger partial charge is 0.354 e. The second-order valence-corrected chi connectivity index (χ2v) is 8.73. The molecular weight excluding hydrogens is 362 g/mol. The van der Waals surface area contributed by atoms with Crippen LogP contribution in [0.3, 0.4) is 0 Å². The number of carbonyl (C=O) groups excluding carboxylic acids is 1. The van der Waals surface area contributed by atoms with Gasteiger partial charge in [0.1, 0.15) is 10.7 Å². The summed E-state index contributed by atoms with van der Waals surface area (Å²) in [6, 6.07) is 9.11. The Hall–Kier alpha value is -2.15. The fraction of sp³-hybridized carbons (Fsp3) is 0.500. The summed E-state index contributed by atoms with van der Waals surface area (Å²) in [6.45, 7) is 8.37. The maximum Gasteiger partial charge on any atom is 0.285 e. The Morgan fingerprint density at radius 1 is 1.15 bits per heavy atom. The number of carbonyl (C=O) groups is 1. The van der Waals surface area contributed by atoms with Crippen molar-refractivity contribution in [2.24, 2.45) is 10.3 Å². The lowest BCUT2D eigenvalue weighted by Gasteiger charge is -2.25. The molecular formula is C20H27N3O3S. The Morgan fingerprint density at radius 2 is 1.85 bits per heavy atom. The summed E-state index contributed by atoms with van der Waals surface area (Å²) in [4.78, 5) is 16.7. The van der Waals surface area contributed by atoms with Gasteiger partial charge in [0.05, 0.1) is 0 Å². The highest BCUT2D eigenvalue weighted by molar-refractivity contribution is 8.00. The molecule has 1 aromatic carbocycles. The Bertz CT molecular complexity index is 875. The van der Waals surface area contributed by atoms with Crippen LogP contribution in [0.2, 0.25) is 0 Å². The summed E-state index contributed by atoms with van der Waals surface area (Å²) in [5, 5.41) is 0. The molecule has 0 spiro atoms. The van der Waals surface area contributed by atoms with Gasteiger partial charge in [-0.3, -0.25) is 4.79 Å². The average Bonchev–Trinajstić information content (AvgIpc) is 2.82. The first-order chi connectivity index (χ1) is 12.8. The topological polar surface area (TPSA) is 70.1 Å². The predicted molar refractivity (Wildman–Crippen MR) is 108 cm³/mol. The molecule has 0 unspecified atom stereocenters. The first-order valence-corrected chi connectivity index (χ1v) is 10.9. The molecule has 146 valence electrons. The third kappa shape index (κ3) is 3.93. The fourth-order valence-corrected chi connectivity index (χ4v) is 5.09. The number of hydrogen-bond donors (Lipinski definition) is 0. The van der Waals surface area contributed by atoms with E-state index in [1.54, 1.807) is 12.1 Å². The molecule has 27 heavy (non-hydrogen) atoms. The molecule has 0 saturated carbocycles. The van der Waals surface area contributed by atoms with Crippen molar-refractivity contribution in [2.45, 2.75) is 33.6 Å². The van der Waals surface area contributed by atoms with E-state index in [-0.39, 0.29) is 16.7 Å². The summed E-state index contributed by atoms with van der Waals surface area (Å²) >= 11 is 0. The number of benzene rings is 1. The first kappa shape index (κ1) is 19.6. The molecule has 1 saturated heterocycles. The van der Waals surface area contributed by atoms with E-state index in [2.05, 4.69) is 4.40 Å². The van der Waals surface area contributed by atoms with Gasteiger partial charge in [0, 0.05) is 37.7 Å². The molecule has 1 aromatic rings. The Morgan fingerprint density at radius 3 is 2.52 bits per heavy atom. The Kier molecular flexibility index (Phi) is 5.69. The van der Waals surface area contributed by atoms with Gasteiger partial charge in [-0.2, -0.15) is 8.42 Å². The van der Waals surface area contributed by atoms with Crippen LogP contribution >= 0.6 is 0 Å². The van der Waals surface area contributed by atoms with Crippen molar-refractivity contribution in [3.05, 3.63) is 41.5 Å². The highest BCUT2D eigenvalue weighted by Gasteiger charge is 2.34. The first-order valence-electron chi connectivity index (χ1n) is 9.50. The van der Waals surface area contributed by atoms with Crippen LogP contribution < -0.4 is 0 Å². The molecule has 2 aliphatic rings. The van der Waals surface area contributed by atoms with E-state index in [1.165, 1.54) is 0 Å². The number of nitrogens with zero attached hydrogens (tertiary/aromatic N) is 3. The van der Waals surface area contributed by atoms with Gasteiger partial charge in [0.2, 0.25) is 5.91 Å². The summed E-state index contributed by atoms with van der Waals surface area (Å²) in [5.41, 5.74) is 1.35. The van der Waals surface area contributed by atoms with Crippen LogP contribution in [0.4, 0.5) is 0 Å². The van der Waals surface area contributed by atoms with Gasteiger partial charge in [0.25, 0.3) is 10.0 Å². The van der Waals surface area contributed by atoms with E-state index in [4.69, 9.17) is 0 Å². The predicted octanol–water partition coefficient (Wildman–Crippen LogP) is 2.74. The lowest BCUT2D eigenvalue weighted by Crippen LogP contribution is -2.39. The van der Waals surface area contributed by atoms with Crippen molar-refractivity contribution in [3.8, 4) is 0 Å². The number of amides is 1. The third-order valence-corrected chi connectivity index (χ3v) is 6.79. The van der Waals surface area contributed by atoms with Crippen LogP contribution in [0.25, 0.3) is 4.91 Å². The summed E-state index contributed by atoms with van der Waals surface area (Å²) in [7, 11) is -3.70. The maximum atomic E-state index is 12.7. The van der Waals surface area contributed by atoms with E-state index < -0.39 is 10.0 Å². The second-order valence-electron chi connectivity index (χ2n) is 7.19. The molecule has 2 heterocycles. The minimum atomic E-state index is -3.70. The van der Waals surface area contributed by atoms with Gasteiger partial charge in [-0.05, 0) is 25.3 Å². The molecule has 7 heteroatoms. The van der Waals surface area contributed by atoms with Crippen molar-refractivity contribution >= 4 is 26.7 Å². The SMILES string of the molecule is CC[C@@H](C)C(=O)N1CCCN(C2=NS(=O)(=O)C(c3ccccc3)=C2C)CC1. The zero-order valence-electron chi connectivity index (χ0n) is 16.2. The Labute approximate surface area is 161 Å². The number of rotatable bonds is 3. The zero-order valence-corrected chi connectivity index (χ0v) is 17.0. The monoisotopic (exact) mass is 389 g/mol. The quantitative estimate of drug-likeness (QED) is 0.797. The second kappa shape index (κ2) is 7.84. The highest BCUT2D eigenvalue weighted by Crippen LogP contribution is 2.33. The van der Waals surface area contributed by atoms with Crippen LogP contribution in [0.15, 0.2) is 40.3 Å². The van der Waals surface area contributed by atoms with Crippen molar-refractivity contribution in [1.82, 2.24) is 9.80 Å². The molecule has 0 aliphatic carbocycles. The zero-order chi connectivity index (χ0) is 19.6. The summed E-state index contributed by atoms with van der Waals surface area (Å²) in [6.07, 6.45) is 1.63. The maximum absolute atomic E-state index is 12.7. The van der Waals surface area contributed by atoms with Crippen molar-refractivity contribution in [1.29, 1.82) is 0 Å². The minimum absolute atomic E-state index is 0.0204. The molecule has 0 N–H and O–H groups in total. The smallest absolute Gasteiger partial charge is 0.285 e. The lowest BCUT2D eigenvalue weighted by molar-refractivity contribution is -0.134. The van der Waals surface area contributed by atoms with Crippen LogP contribution in [0.5, 0.6) is 0 Å². The van der Waals surface area contributed by atoms with Crippen LogP contribution in [-0.2, 0) is 14.8 Å². The van der Waals surface area contributed by atoms with Gasteiger partial charge in [-0.25, -0.2) is 0 Å². The highest BCUT2D eigenvalue weighted by atomic mass is 32.2. The summed E-state index contributed by atoms with van der Waals surface area (Å²) in [5.74, 6) is 0.719. The molecule has 0 bridgehead atoms. The van der Waals surface area contributed by atoms with Gasteiger partial charge in [-0.15, -0.1) is 4.40 Å². The third-order valence-electron chi connectivity index (χ3n) is 5.32. The van der Waals surface area contributed by atoms with Crippen LogP contribution in [-0.4, -0.2) is 56.1 Å². The number of hydrogen-bond acceptors (Lipinski definition) is 4. The van der Waals surface area contributed by atoms with Crippen LogP contribution in [0.1, 0.15) is 39.2 Å². The van der Waals surface area contributed by atoms with E-state index >= 15 is 0 Å². The number of amidine groups is 1. The molecule has 6 nitrogen and oxygen atoms in total. The molecule has 1 atom stereocenters. The van der Waals surface area contributed by atoms with Crippen molar-refractivity contribution in [2.75, 3.05) is 26.2 Å². The van der Waals surface area contributed by atoms with Gasteiger partial charge in [0.15, 0.2) is 0 Å². The summed E-state index contributed by atoms with van der Waals surface area (Å²) < 4.78 is 29.4. The van der Waals surface area contributed by atoms with Gasteiger partial charge < -0.3 is 9.80 Å². The van der Waals surface area contributed by atoms with Gasteiger partial charge in [-0.1, -0.05) is 44.2 Å². The molecule has 0 radical (unpaired) electrons. The van der Waals surface area contributed by atoms with Crippen LogP contribution in [0, 0.1) is 5.92 Å². The standard InChI is InChI=1S/C20H27N3O3S/c1-4-15(2)20(24)23-12-8-11-22(13-14-23)19-16(3)18(27(25,26)21-19)17-9-6-5-7-10-17/h5-7,9-10,15H,4,8,11-14H2,1-3H3/t15-/m1/s1. The average molecular weight is 390 g/mol. The Balaban J connectivity index is 1.83. The van der Waals surface area contributed by atoms with Crippen molar-refractivity contribution in [3.63, 3.8) is 0 Å². The molecule has 0 aromatic heterocycles.